The van der Waals surface area contributed by atoms with Crippen LogP contribution < -0.4 is 5.32 Å². The lowest BCUT2D eigenvalue weighted by Gasteiger charge is -2.36. The van der Waals surface area contributed by atoms with Crippen LogP contribution >= 0.6 is 0 Å². The molecule has 0 atom stereocenters. The molecule has 1 aliphatic rings. The summed E-state index contributed by atoms with van der Waals surface area (Å²) in [5.41, 5.74) is 0.391. The van der Waals surface area contributed by atoms with Gasteiger partial charge in [-0.05, 0) is 24.0 Å². The highest BCUT2D eigenvalue weighted by Gasteiger charge is 2.38. The molecule has 21 heavy (non-hydrogen) atoms. The predicted molar refractivity (Wildman–Crippen MR) is 83.7 cm³/mol. The molecule has 1 N–H and O–H groups in total. The van der Waals surface area contributed by atoms with Crippen molar-refractivity contribution in [2.24, 2.45) is 21.8 Å². The van der Waals surface area contributed by atoms with Crippen molar-refractivity contribution in [3.63, 3.8) is 0 Å². The zero-order chi connectivity index (χ0) is 15.6. The first kappa shape index (κ1) is 15.2. The molecule has 1 aliphatic heterocycles. The number of nitrogens with zero attached hydrogens (tertiary/aromatic N) is 3. The van der Waals surface area contributed by atoms with E-state index in [4.69, 9.17) is 4.99 Å². The van der Waals surface area contributed by atoms with Gasteiger partial charge in [-0.1, -0.05) is 27.7 Å². The average Bonchev–Trinajstić information content (AvgIpc) is 2.47. The van der Waals surface area contributed by atoms with E-state index in [2.05, 4.69) is 38.0 Å². The molecule has 0 bridgehead atoms. The van der Waals surface area contributed by atoms with Crippen LogP contribution in [0.25, 0.3) is 0 Å². The van der Waals surface area contributed by atoms with Crippen molar-refractivity contribution >= 4 is 17.9 Å². The number of amidine groups is 1. The third-order valence-corrected chi connectivity index (χ3v) is 3.81. The molecule has 0 saturated carbocycles. The average molecular weight is 288 g/mol. The van der Waals surface area contributed by atoms with Crippen molar-refractivity contribution in [1.82, 2.24) is 5.32 Å². The summed E-state index contributed by atoms with van der Waals surface area (Å²) in [5.74, 6) is 1.20. The van der Waals surface area contributed by atoms with Crippen LogP contribution in [0.15, 0.2) is 34.3 Å². The summed E-state index contributed by atoms with van der Waals surface area (Å²) in [6.45, 7) is 8.39. The van der Waals surface area contributed by atoms with Gasteiger partial charge in [-0.25, -0.2) is 9.98 Å². The minimum atomic E-state index is -0.498. The summed E-state index contributed by atoms with van der Waals surface area (Å²) in [5, 5.41) is 13.7. The second-order valence-electron chi connectivity index (χ2n) is 5.76. The number of nitro benzene ring substituents is 1. The monoisotopic (exact) mass is 288 g/mol. The van der Waals surface area contributed by atoms with Crippen LogP contribution in [0.5, 0.6) is 0 Å². The molecule has 6 nitrogen and oxygen atoms in total. The highest BCUT2D eigenvalue weighted by molar-refractivity contribution is 6.05. The molecule has 1 aromatic carbocycles. The van der Waals surface area contributed by atoms with Crippen molar-refractivity contribution in [2.45, 2.75) is 33.4 Å². The van der Waals surface area contributed by atoms with Crippen molar-refractivity contribution < 1.29 is 4.92 Å². The van der Waals surface area contributed by atoms with E-state index in [0.29, 0.717) is 5.84 Å². The van der Waals surface area contributed by atoms with Crippen molar-refractivity contribution in [2.75, 3.05) is 0 Å². The Hall–Kier alpha value is -2.24. The Balaban J connectivity index is 2.39. The quantitative estimate of drug-likeness (QED) is 0.683. The number of aliphatic imine (C=N–C) groups is 2. The van der Waals surface area contributed by atoms with Crippen molar-refractivity contribution in [1.29, 1.82) is 0 Å². The second kappa shape index (κ2) is 5.63. The maximum absolute atomic E-state index is 10.7. The van der Waals surface area contributed by atoms with Crippen molar-refractivity contribution in [3.8, 4) is 0 Å². The molecule has 0 fully saturated rings. The minimum Gasteiger partial charge on any atom is -0.331 e. The molecule has 112 valence electrons. The lowest BCUT2D eigenvalue weighted by molar-refractivity contribution is -0.384. The second-order valence-corrected chi connectivity index (χ2v) is 5.76. The van der Waals surface area contributed by atoms with Gasteiger partial charge in [0.2, 0.25) is 0 Å². The van der Waals surface area contributed by atoms with Gasteiger partial charge in [-0.15, -0.1) is 0 Å². The molecule has 0 spiro atoms. The summed E-state index contributed by atoms with van der Waals surface area (Å²) >= 11 is 0. The Morgan fingerprint density at radius 1 is 1.14 bits per heavy atom. The molecule has 0 unspecified atom stereocenters. The highest BCUT2D eigenvalue weighted by Crippen LogP contribution is 2.33. The number of hydrogen-bond donors (Lipinski definition) is 1. The fraction of sp³-hybridized carbons (Fsp3) is 0.467. The van der Waals surface area contributed by atoms with E-state index in [9.17, 15) is 10.1 Å². The van der Waals surface area contributed by atoms with Gasteiger partial charge in [-0.2, -0.15) is 0 Å². The third-order valence-electron chi connectivity index (χ3n) is 3.81. The van der Waals surface area contributed by atoms with Crippen molar-refractivity contribution in [3.05, 3.63) is 39.9 Å². The van der Waals surface area contributed by atoms with Gasteiger partial charge in [0.05, 0.1) is 11.3 Å². The van der Waals surface area contributed by atoms with E-state index in [0.717, 1.165) is 5.56 Å². The first-order valence-electron chi connectivity index (χ1n) is 7.01. The van der Waals surface area contributed by atoms with E-state index >= 15 is 0 Å². The predicted octanol–water partition coefficient (Wildman–Crippen LogP) is 2.98. The van der Waals surface area contributed by atoms with Crippen LogP contribution in [-0.2, 0) is 0 Å². The Kier molecular flexibility index (Phi) is 4.06. The molecule has 1 aromatic rings. The van der Waals surface area contributed by atoms with E-state index < -0.39 is 10.6 Å². The smallest absolute Gasteiger partial charge is 0.269 e. The lowest BCUT2D eigenvalue weighted by atomic mass is 9.85. The number of non-ortho nitro benzene ring substituents is 1. The maximum Gasteiger partial charge on any atom is 0.269 e. The van der Waals surface area contributed by atoms with Gasteiger partial charge in [0, 0.05) is 17.7 Å². The standard InChI is InChI=1S/C15H20N4O2/c1-10(2)15(11(3)4)17-9-16-14(18-15)12-5-7-13(8-6-12)19(20)21/h5-11H,1-4H3,(H,16,17,18). The molecular weight excluding hydrogens is 268 g/mol. The maximum atomic E-state index is 10.7. The summed E-state index contributed by atoms with van der Waals surface area (Å²) < 4.78 is 0. The van der Waals surface area contributed by atoms with Crippen LogP contribution in [0.4, 0.5) is 5.69 Å². The number of hydrogen-bond acceptors (Lipinski definition) is 5. The molecule has 0 saturated heterocycles. The van der Waals surface area contributed by atoms with Gasteiger partial charge in [-0.3, -0.25) is 10.1 Å². The summed E-state index contributed by atoms with van der Waals surface area (Å²) in [6.07, 6.45) is 1.67. The Morgan fingerprint density at radius 2 is 1.71 bits per heavy atom. The van der Waals surface area contributed by atoms with E-state index in [1.807, 2.05) is 0 Å². The molecule has 6 heteroatoms. The Labute approximate surface area is 124 Å². The van der Waals surface area contributed by atoms with E-state index in [-0.39, 0.29) is 17.5 Å². The molecule has 0 aromatic heterocycles. The van der Waals surface area contributed by atoms with Gasteiger partial charge >= 0.3 is 0 Å². The topological polar surface area (TPSA) is 79.9 Å². The molecule has 2 rings (SSSR count). The van der Waals surface area contributed by atoms with Crippen LogP contribution in [0.3, 0.4) is 0 Å². The SMILES string of the molecule is CC(C)C1(C(C)C)N=CNC(c2ccc([N+](=O)[O-])cc2)=N1. The van der Waals surface area contributed by atoms with E-state index in [1.54, 1.807) is 18.5 Å². The van der Waals surface area contributed by atoms with E-state index in [1.165, 1.54) is 12.1 Å². The molecular formula is C15H20N4O2. The van der Waals surface area contributed by atoms with Gasteiger partial charge in [0.15, 0.2) is 5.66 Å². The summed E-state index contributed by atoms with van der Waals surface area (Å²) in [7, 11) is 0. The Bertz CT molecular complexity index is 580. The fourth-order valence-electron chi connectivity index (χ4n) is 2.55. The normalized spacial score (nSPS) is 16.8. The largest absolute Gasteiger partial charge is 0.331 e. The Morgan fingerprint density at radius 3 is 2.19 bits per heavy atom. The van der Waals surface area contributed by atoms with Crippen LogP contribution in [0.2, 0.25) is 0 Å². The third kappa shape index (κ3) is 2.79. The summed E-state index contributed by atoms with van der Waals surface area (Å²) in [4.78, 5) is 19.6. The van der Waals surface area contributed by atoms with Gasteiger partial charge in [0.1, 0.15) is 5.84 Å². The lowest BCUT2D eigenvalue weighted by Crippen LogP contribution is -2.44. The fourth-order valence-corrected chi connectivity index (χ4v) is 2.55. The molecule has 1 heterocycles. The number of nitro groups is 1. The summed E-state index contributed by atoms with van der Waals surface area (Å²) in [6, 6.07) is 6.37. The molecule has 0 aliphatic carbocycles. The molecule has 0 amide bonds. The number of nitrogens with one attached hydrogen (secondary N) is 1. The van der Waals surface area contributed by atoms with Crippen LogP contribution in [-0.4, -0.2) is 22.8 Å². The first-order chi connectivity index (χ1) is 9.86. The first-order valence-corrected chi connectivity index (χ1v) is 7.01. The highest BCUT2D eigenvalue weighted by atomic mass is 16.6. The van der Waals surface area contributed by atoms with Gasteiger partial charge in [0.25, 0.3) is 5.69 Å². The number of benzene rings is 1. The van der Waals surface area contributed by atoms with Crippen LogP contribution in [0.1, 0.15) is 33.3 Å². The zero-order valence-corrected chi connectivity index (χ0v) is 12.7. The zero-order valence-electron chi connectivity index (χ0n) is 12.7. The van der Waals surface area contributed by atoms with Crippen LogP contribution in [0, 0.1) is 22.0 Å². The van der Waals surface area contributed by atoms with Gasteiger partial charge < -0.3 is 5.32 Å². The minimum absolute atomic E-state index is 0.0720. The number of rotatable bonds is 4. The molecule has 0 radical (unpaired) electrons.